The predicted molar refractivity (Wildman–Crippen MR) is 60.2 cm³/mol. The summed E-state index contributed by atoms with van der Waals surface area (Å²) in [6, 6.07) is 8.01. The van der Waals surface area contributed by atoms with Gasteiger partial charge in [-0.25, -0.2) is 0 Å². The van der Waals surface area contributed by atoms with E-state index in [2.05, 4.69) is 12.1 Å². The van der Waals surface area contributed by atoms with Gasteiger partial charge in [0.05, 0.1) is 0 Å². The highest BCUT2D eigenvalue weighted by Crippen LogP contribution is 2.33. The van der Waals surface area contributed by atoms with E-state index in [-0.39, 0.29) is 0 Å². The van der Waals surface area contributed by atoms with E-state index in [0.29, 0.717) is 6.54 Å². The average molecular weight is 220 g/mol. The summed E-state index contributed by atoms with van der Waals surface area (Å²) < 4.78 is 0. The zero-order valence-corrected chi connectivity index (χ0v) is 8.99. The van der Waals surface area contributed by atoms with Gasteiger partial charge in [-0.1, -0.05) is 0 Å². The van der Waals surface area contributed by atoms with Crippen molar-refractivity contribution in [1.29, 1.82) is 5.26 Å². The van der Waals surface area contributed by atoms with E-state index >= 15 is 0 Å². The zero-order chi connectivity index (χ0) is 9.97. The van der Waals surface area contributed by atoms with Gasteiger partial charge in [0.1, 0.15) is 10.9 Å². The first-order valence-electron chi connectivity index (χ1n) is 4.12. The quantitative estimate of drug-likeness (QED) is 0.846. The van der Waals surface area contributed by atoms with Crippen molar-refractivity contribution < 1.29 is 0 Å². The highest BCUT2D eigenvalue weighted by molar-refractivity contribution is 7.16. The molecule has 14 heavy (non-hydrogen) atoms. The van der Waals surface area contributed by atoms with Crippen molar-refractivity contribution >= 4 is 22.7 Å². The highest BCUT2D eigenvalue weighted by Gasteiger charge is 2.07. The van der Waals surface area contributed by atoms with Crippen LogP contribution in [-0.4, -0.2) is 0 Å². The molecule has 0 aliphatic rings. The van der Waals surface area contributed by atoms with Crippen LogP contribution in [0.1, 0.15) is 9.75 Å². The van der Waals surface area contributed by atoms with Gasteiger partial charge in [0.2, 0.25) is 0 Å². The number of nitriles is 1. The number of nitrogens with two attached hydrogens (primary N) is 1. The van der Waals surface area contributed by atoms with Crippen LogP contribution in [0, 0.1) is 11.3 Å². The smallest absolute Gasteiger partial charge is 0.110 e. The van der Waals surface area contributed by atoms with Gasteiger partial charge in [-0.3, -0.25) is 0 Å². The fourth-order valence-electron chi connectivity index (χ4n) is 1.26. The molecule has 2 N–H and O–H groups in total. The van der Waals surface area contributed by atoms with E-state index in [1.165, 1.54) is 21.8 Å². The Hall–Kier alpha value is -1.15. The maximum atomic E-state index is 8.71. The molecule has 2 rings (SSSR count). The molecule has 0 radical (unpaired) electrons. The van der Waals surface area contributed by atoms with Gasteiger partial charge in [-0.15, -0.1) is 22.7 Å². The molecule has 0 atom stereocenters. The number of hydrogen-bond donors (Lipinski definition) is 1. The second-order valence-electron chi connectivity index (χ2n) is 2.74. The minimum atomic E-state index is 0.562. The zero-order valence-electron chi connectivity index (χ0n) is 7.36. The van der Waals surface area contributed by atoms with Crippen LogP contribution in [0.2, 0.25) is 0 Å². The number of nitrogens with zero attached hydrogens (tertiary/aromatic N) is 1. The third kappa shape index (κ3) is 1.58. The first-order valence-corrected chi connectivity index (χ1v) is 5.81. The molecule has 0 saturated carbocycles. The SMILES string of the molecule is N#Cc1ccc(-c2ccsc2CN)s1. The molecular formula is C10H8N2S2. The Kier molecular flexibility index (Phi) is 2.64. The standard InChI is InChI=1S/C10H8N2S2/c11-5-7-1-2-9(14-7)8-3-4-13-10(8)6-12/h1-4H,6,12H2. The van der Waals surface area contributed by atoms with Crippen LogP contribution in [0.5, 0.6) is 0 Å². The Labute approximate surface area is 90.2 Å². The largest absolute Gasteiger partial charge is 0.326 e. The van der Waals surface area contributed by atoms with Gasteiger partial charge in [0, 0.05) is 21.9 Å². The first kappa shape index (κ1) is 9.41. The van der Waals surface area contributed by atoms with Gasteiger partial charge >= 0.3 is 0 Å². The molecule has 0 bridgehead atoms. The molecule has 0 aliphatic heterocycles. The lowest BCUT2D eigenvalue weighted by molar-refractivity contribution is 1.11. The molecule has 2 aromatic heterocycles. The molecule has 2 nitrogen and oxygen atoms in total. The van der Waals surface area contributed by atoms with Crippen LogP contribution in [0.15, 0.2) is 23.6 Å². The molecule has 2 heterocycles. The first-order chi connectivity index (χ1) is 6.85. The summed E-state index contributed by atoms with van der Waals surface area (Å²) in [6.07, 6.45) is 0. The van der Waals surface area contributed by atoms with Crippen LogP contribution >= 0.6 is 22.7 Å². The Morgan fingerprint density at radius 3 is 2.86 bits per heavy atom. The Morgan fingerprint density at radius 1 is 1.36 bits per heavy atom. The Bertz CT molecular complexity index is 476. The maximum Gasteiger partial charge on any atom is 0.110 e. The van der Waals surface area contributed by atoms with E-state index < -0.39 is 0 Å². The lowest BCUT2D eigenvalue weighted by Gasteiger charge is -1.96. The molecular weight excluding hydrogens is 212 g/mol. The third-order valence-electron chi connectivity index (χ3n) is 1.91. The van der Waals surface area contributed by atoms with E-state index in [4.69, 9.17) is 11.0 Å². The van der Waals surface area contributed by atoms with Crippen LogP contribution in [0.4, 0.5) is 0 Å². The Balaban J connectivity index is 2.45. The van der Waals surface area contributed by atoms with Crippen molar-refractivity contribution in [2.75, 3.05) is 0 Å². The maximum absolute atomic E-state index is 8.71. The monoisotopic (exact) mass is 220 g/mol. The van der Waals surface area contributed by atoms with Crippen LogP contribution in [0.3, 0.4) is 0 Å². The lowest BCUT2D eigenvalue weighted by Crippen LogP contribution is -1.93. The molecule has 0 amide bonds. The summed E-state index contributed by atoms with van der Waals surface area (Å²) in [7, 11) is 0. The molecule has 0 fully saturated rings. The summed E-state index contributed by atoms with van der Waals surface area (Å²) in [5, 5.41) is 10.7. The van der Waals surface area contributed by atoms with E-state index in [9.17, 15) is 0 Å². The fraction of sp³-hybridized carbons (Fsp3) is 0.100. The van der Waals surface area contributed by atoms with Gasteiger partial charge in [-0.2, -0.15) is 5.26 Å². The molecule has 0 unspecified atom stereocenters. The van der Waals surface area contributed by atoms with Crippen LogP contribution in [-0.2, 0) is 6.54 Å². The number of thiophene rings is 2. The summed E-state index contributed by atoms with van der Waals surface area (Å²) in [5.74, 6) is 0. The fourth-order valence-corrected chi connectivity index (χ4v) is 2.95. The second-order valence-corrected chi connectivity index (χ2v) is 4.82. The number of rotatable bonds is 2. The van der Waals surface area contributed by atoms with Gasteiger partial charge < -0.3 is 5.73 Å². The normalized spacial score (nSPS) is 10.0. The van der Waals surface area contributed by atoms with E-state index in [1.54, 1.807) is 11.3 Å². The van der Waals surface area contributed by atoms with Crippen LogP contribution < -0.4 is 5.73 Å². The predicted octanol–water partition coefficient (Wildman–Crippen LogP) is 2.81. The van der Waals surface area contributed by atoms with Crippen molar-refractivity contribution in [1.82, 2.24) is 0 Å². The lowest BCUT2D eigenvalue weighted by atomic mass is 10.2. The van der Waals surface area contributed by atoms with Gasteiger partial charge in [0.15, 0.2) is 0 Å². The molecule has 70 valence electrons. The van der Waals surface area contributed by atoms with Gasteiger partial charge in [0.25, 0.3) is 0 Å². The van der Waals surface area contributed by atoms with E-state index in [1.807, 2.05) is 17.5 Å². The molecule has 0 saturated heterocycles. The van der Waals surface area contributed by atoms with E-state index in [0.717, 1.165) is 9.75 Å². The van der Waals surface area contributed by atoms with Crippen molar-refractivity contribution in [3.8, 4) is 16.5 Å². The average Bonchev–Trinajstić information content (AvgIpc) is 2.85. The van der Waals surface area contributed by atoms with Crippen LogP contribution in [0.25, 0.3) is 10.4 Å². The summed E-state index contributed by atoms with van der Waals surface area (Å²) in [4.78, 5) is 3.05. The second kappa shape index (κ2) is 3.93. The molecule has 4 heteroatoms. The van der Waals surface area contributed by atoms with Crippen molar-refractivity contribution in [2.45, 2.75) is 6.54 Å². The topological polar surface area (TPSA) is 49.8 Å². The Morgan fingerprint density at radius 2 is 2.21 bits per heavy atom. The summed E-state index contributed by atoms with van der Waals surface area (Å²) in [6.45, 7) is 0.562. The summed E-state index contributed by atoms with van der Waals surface area (Å²) >= 11 is 3.17. The third-order valence-corrected chi connectivity index (χ3v) is 3.88. The van der Waals surface area contributed by atoms with Gasteiger partial charge in [-0.05, 0) is 23.6 Å². The number of hydrogen-bond acceptors (Lipinski definition) is 4. The molecule has 0 aliphatic carbocycles. The summed E-state index contributed by atoms with van der Waals surface area (Å²) in [5.41, 5.74) is 6.79. The van der Waals surface area contributed by atoms with Crippen molar-refractivity contribution in [2.24, 2.45) is 5.73 Å². The van der Waals surface area contributed by atoms with Crippen molar-refractivity contribution in [3.63, 3.8) is 0 Å². The molecule has 2 aromatic rings. The van der Waals surface area contributed by atoms with Crippen molar-refractivity contribution in [3.05, 3.63) is 33.3 Å². The molecule has 0 aromatic carbocycles. The minimum absolute atomic E-state index is 0.562. The molecule has 0 spiro atoms. The minimum Gasteiger partial charge on any atom is -0.326 e. The highest BCUT2D eigenvalue weighted by atomic mass is 32.1.